The maximum atomic E-state index is 13.4. The van der Waals surface area contributed by atoms with Crippen LogP contribution in [0.4, 0.5) is 5.13 Å². The summed E-state index contributed by atoms with van der Waals surface area (Å²) >= 11 is 14.8. The first-order valence-electron chi connectivity index (χ1n) is 9.63. The van der Waals surface area contributed by atoms with Crippen molar-refractivity contribution in [3.8, 4) is 5.75 Å². The smallest absolute Gasteiger partial charge is 0.296 e. The molecule has 0 saturated heterocycles. The second-order valence-corrected chi connectivity index (χ2v) is 9.92. The molecule has 5 rings (SSSR count). The van der Waals surface area contributed by atoms with E-state index in [-0.39, 0.29) is 10.6 Å². The van der Waals surface area contributed by atoms with E-state index >= 15 is 0 Å². The van der Waals surface area contributed by atoms with Crippen molar-refractivity contribution in [3.63, 3.8) is 0 Å². The van der Waals surface area contributed by atoms with Crippen LogP contribution in [0.2, 0.25) is 10.0 Å². The summed E-state index contributed by atoms with van der Waals surface area (Å²) in [5, 5.41) is 13.5. The summed E-state index contributed by atoms with van der Waals surface area (Å²) in [6, 6.07) is 12.7. The second-order valence-electron chi connectivity index (χ2n) is 7.15. The third-order valence-electron chi connectivity index (χ3n) is 5.25. The van der Waals surface area contributed by atoms with Gasteiger partial charge in [0.1, 0.15) is 5.75 Å². The second kappa shape index (κ2) is 8.46. The molecule has 6 nitrogen and oxygen atoms in total. The van der Waals surface area contributed by atoms with Crippen LogP contribution in [0.1, 0.15) is 21.3 Å². The van der Waals surface area contributed by atoms with Crippen molar-refractivity contribution < 1.29 is 19.4 Å². The maximum absolute atomic E-state index is 13.4. The Morgan fingerprint density at radius 2 is 1.97 bits per heavy atom. The highest BCUT2D eigenvalue weighted by Crippen LogP contribution is 2.45. The molecule has 0 unspecified atom stereocenters. The van der Waals surface area contributed by atoms with E-state index < -0.39 is 23.5 Å². The van der Waals surface area contributed by atoms with Gasteiger partial charge in [-0.15, -0.1) is 11.3 Å². The minimum absolute atomic E-state index is 0.0299. The lowest BCUT2D eigenvalue weighted by molar-refractivity contribution is -0.117. The molecule has 0 aliphatic carbocycles. The van der Waals surface area contributed by atoms with Gasteiger partial charge in [0.2, 0.25) is 5.78 Å². The third kappa shape index (κ3) is 3.69. The number of carbonyl (C=O) groups excluding carboxylic acids is 2. The van der Waals surface area contributed by atoms with Crippen molar-refractivity contribution in [2.24, 2.45) is 0 Å². The van der Waals surface area contributed by atoms with Gasteiger partial charge in [-0.3, -0.25) is 14.5 Å². The van der Waals surface area contributed by atoms with Gasteiger partial charge in [0, 0.05) is 0 Å². The first kappa shape index (κ1) is 21.9. The number of nitrogens with zero attached hydrogens (tertiary/aromatic N) is 2. The van der Waals surface area contributed by atoms with Crippen molar-refractivity contribution in [2.45, 2.75) is 6.04 Å². The van der Waals surface area contributed by atoms with E-state index in [1.807, 2.05) is 6.07 Å². The number of aliphatic hydroxyl groups excluding tert-OH is 1. The fourth-order valence-corrected chi connectivity index (χ4v) is 5.70. The zero-order valence-electron chi connectivity index (χ0n) is 16.9. The number of methoxy groups -OCH3 is 1. The summed E-state index contributed by atoms with van der Waals surface area (Å²) in [7, 11) is 1.57. The number of aromatic nitrogens is 1. The summed E-state index contributed by atoms with van der Waals surface area (Å²) in [4.78, 5) is 33.0. The minimum Gasteiger partial charge on any atom is -0.503 e. The topological polar surface area (TPSA) is 79.7 Å². The largest absolute Gasteiger partial charge is 0.503 e. The molecule has 0 radical (unpaired) electrons. The van der Waals surface area contributed by atoms with Crippen LogP contribution in [0.15, 0.2) is 65.2 Å². The van der Waals surface area contributed by atoms with Gasteiger partial charge in [-0.25, -0.2) is 4.98 Å². The number of ketones is 1. The van der Waals surface area contributed by atoms with Crippen LogP contribution in [-0.2, 0) is 4.79 Å². The van der Waals surface area contributed by atoms with Gasteiger partial charge < -0.3 is 9.84 Å². The molecule has 2 aromatic heterocycles. The molecule has 2 aromatic carbocycles. The number of halogens is 2. The van der Waals surface area contributed by atoms with Crippen LogP contribution in [0.25, 0.3) is 10.2 Å². The Morgan fingerprint density at radius 3 is 2.67 bits per heavy atom. The highest BCUT2D eigenvalue weighted by atomic mass is 35.5. The van der Waals surface area contributed by atoms with E-state index in [2.05, 4.69) is 4.98 Å². The lowest BCUT2D eigenvalue weighted by Crippen LogP contribution is -2.30. The van der Waals surface area contributed by atoms with Gasteiger partial charge in [0.15, 0.2) is 10.9 Å². The molecule has 1 amide bonds. The number of Topliss-reactive ketones (excluding diaryl/α,β-unsaturated/α-hetero) is 1. The van der Waals surface area contributed by atoms with Gasteiger partial charge >= 0.3 is 0 Å². The normalized spacial score (nSPS) is 16.2. The molecule has 0 fully saturated rings. The van der Waals surface area contributed by atoms with E-state index in [1.165, 1.54) is 27.6 Å². The van der Waals surface area contributed by atoms with E-state index in [4.69, 9.17) is 27.9 Å². The molecule has 1 atom stereocenters. The Labute approximate surface area is 206 Å². The zero-order chi connectivity index (χ0) is 23.3. The molecular weight excluding hydrogens is 503 g/mol. The first-order valence-corrected chi connectivity index (χ1v) is 12.1. The average molecular weight is 517 g/mol. The third-order valence-corrected chi connectivity index (χ3v) is 7.87. The number of fused-ring (bicyclic) bond motifs is 1. The Kier molecular flexibility index (Phi) is 5.62. The van der Waals surface area contributed by atoms with Crippen molar-refractivity contribution >= 4 is 72.9 Å². The van der Waals surface area contributed by atoms with Gasteiger partial charge in [-0.05, 0) is 47.3 Å². The van der Waals surface area contributed by atoms with Crippen molar-refractivity contribution in [2.75, 3.05) is 12.0 Å². The van der Waals surface area contributed by atoms with Gasteiger partial charge in [-0.2, -0.15) is 0 Å². The highest BCUT2D eigenvalue weighted by Gasteiger charge is 2.46. The monoisotopic (exact) mass is 516 g/mol. The number of thiophene rings is 1. The lowest BCUT2D eigenvalue weighted by atomic mass is 9.95. The molecule has 4 aromatic rings. The Bertz CT molecular complexity index is 1450. The molecule has 33 heavy (non-hydrogen) atoms. The summed E-state index contributed by atoms with van der Waals surface area (Å²) in [5.41, 5.74) is 1.16. The number of carbonyl (C=O) groups is 2. The SMILES string of the molecule is COc1ccc2nc(N3C(=O)C(O)=C(C(=O)c4cccs4)[C@H]3c3ccc(Cl)c(Cl)c3)sc2c1. The number of amides is 1. The number of rotatable bonds is 5. The number of aliphatic hydroxyl groups is 1. The molecule has 166 valence electrons. The summed E-state index contributed by atoms with van der Waals surface area (Å²) in [6.07, 6.45) is 0. The molecular formula is C23H14Cl2N2O4S2. The van der Waals surface area contributed by atoms with E-state index in [1.54, 1.807) is 55.0 Å². The molecule has 3 heterocycles. The molecule has 1 N–H and O–H groups in total. The van der Waals surface area contributed by atoms with Crippen LogP contribution >= 0.6 is 45.9 Å². The van der Waals surface area contributed by atoms with Crippen LogP contribution in [-0.4, -0.2) is 28.9 Å². The number of thiazole rings is 1. The quantitative estimate of drug-likeness (QED) is 0.308. The lowest BCUT2D eigenvalue weighted by Gasteiger charge is -2.24. The average Bonchev–Trinajstić information content (AvgIpc) is 3.54. The standard InChI is InChI=1S/C23H14Cl2N2O4S2/c1-31-12-5-7-15-17(10-12)33-23(26-15)27-19(11-4-6-13(24)14(25)9-11)18(21(29)22(27)30)20(28)16-3-2-8-32-16/h2-10,19,29H,1H3/t19-/m1/s1. The van der Waals surface area contributed by atoms with Crippen LogP contribution in [0.5, 0.6) is 5.75 Å². The van der Waals surface area contributed by atoms with Crippen molar-refractivity contribution in [1.82, 2.24) is 4.98 Å². The Morgan fingerprint density at radius 1 is 1.15 bits per heavy atom. The van der Waals surface area contributed by atoms with E-state index in [0.717, 1.165) is 4.70 Å². The zero-order valence-corrected chi connectivity index (χ0v) is 20.1. The number of ether oxygens (including phenoxy) is 1. The molecule has 10 heteroatoms. The van der Waals surface area contributed by atoms with Crippen LogP contribution < -0.4 is 9.64 Å². The Balaban J connectivity index is 1.69. The fraction of sp³-hybridized carbons (Fsp3) is 0.0870. The predicted octanol–water partition coefficient (Wildman–Crippen LogP) is 6.46. The molecule has 1 aliphatic heterocycles. The van der Waals surface area contributed by atoms with Crippen molar-refractivity contribution in [3.05, 3.63) is 85.7 Å². The summed E-state index contributed by atoms with van der Waals surface area (Å²) < 4.78 is 6.07. The Hall–Kier alpha value is -2.91. The first-order chi connectivity index (χ1) is 15.9. The van der Waals surface area contributed by atoms with Gasteiger partial charge in [0.05, 0.1) is 43.9 Å². The van der Waals surface area contributed by atoms with Crippen LogP contribution in [0, 0.1) is 0 Å². The summed E-state index contributed by atoms with van der Waals surface area (Å²) in [5.74, 6) is -1.10. The number of anilines is 1. The van der Waals surface area contributed by atoms with E-state index in [0.29, 0.717) is 31.9 Å². The molecule has 0 bridgehead atoms. The number of hydrogen-bond acceptors (Lipinski definition) is 7. The van der Waals surface area contributed by atoms with E-state index in [9.17, 15) is 14.7 Å². The van der Waals surface area contributed by atoms with Gasteiger partial charge in [-0.1, -0.05) is 46.7 Å². The predicted molar refractivity (Wildman–Crippen MR) is 131 cm³/mol. The molecule has 0 saturated carbocycles. The number of benzene rings is 2. The minimum atomic E-state index is -0.927. The maximum Gasteiger partial charge on any atom is 0.296 e. The fourth-order valence-electron chi connectivity index (χ4n) is 3.70. The molecule has 0 spiro atoms. The van der Waals surface area contributed by atoms with Crippen molar-refractivity contribution in [1.29, 1.82) is 0 Å². The highest BCUT2D eigenvalue weighted by molar-refractivity contribution is 7.22. The van der Waals surface area contributed by atoms with Crippen LogP contribution in [0.3, 0.4) is 0 Å². The van der Waals surface area contributed by atoms with Gasteiger partial charge in [0.25, 0.3) is 5.91 Å². The molecule has 1 aliphatic rings. The number of hydrogen-bond donors (Lipinski definition) is 1. The summed E-state index contributed by atoms with van der Waals surface area (Å²) in [6.45, 7) is 0.